The second kappa shape index (κ2) is 10.3. The van der Waals surface area contributed by atoms with E-state index in [1.807, 2.05) is 0 Å². The summed E-state index contributed by atoms with van der Waals surface area (Å²) in [7, 11) is 0. The predicted molar refractivity (Wildman–Crippen MR) is 139 cm³/mol. The Morgan fingerprint density at radius 3 is 2.16 bits per heavy atom. The van der Waals surface area contributed by atoms with Gasteiger partial charge in [0.2, 0.25) is 0 Å². The Morgan fingerprint density at radius 2 is 1.56 bits per heavy atom. The van der Waals surface area contributed by atoms with Crippen LogP contribution in [-0.2, 0) is 0 Å². The van der Waals surface area contributed by atoms with Crippen LogP contribution in [0.5, 0.6) is 0 Å². The summed E-state index contributed by atoms with van der Waals surface area (Å²) in [6, 6.07) is 0.928. The van der Waals surface area contributed by atoms with Crippen LogP contribution in [0.3, 0.4) is 0 Å². The smallest absolute Gasteiger partial charge is 0.00954 e. The minimum atomic E-state index is 0.453. The van der Waals surface area contributed by atoms with E-state index in [2.05, 4.69) is 51.3 Å². The van der Waals surface area contributed by atoms with Crippen LogP contribution in [0.15, 0.2) is 0 Å². The summed E-state index contributed by atoms with van der Waals surface area (Å²) < 4.78 is 0. The van der Waals surface area contributed by atoms with Gasteiger partial charge in [0.1, 0.15) is 0 Å². The van der Waals surface area contributed by atoms with Crippen LogP contribution in [0.25, 0.3) is 0 Å². The summed E-state index contributed by atoms with van der Waals surface area (Å²) in [6.07, 6.45) is 16.1. The third-order valence-corrected chi connectivity index (χ3v) is 10.3. The van der Waals surface area contributed by atoms with Crippen molar-refractivity contribution in [2.45, 2.75) is 118 Å². The number of hydrogen-bond donors (Lipinski definition) is 0. The minimum absolute atomic E-state index is 0.453. The molecule has 2 saturated carbocycles. The highest BCUT2D eigenvalue weighted by molar-refractivity contribution is 4.94. The van der Waals surface area contributed by atoms with Crippen molar-refractivity contribution in [2.75, 3.05) is 32.7 Å². The fourth-order valence-corrected chi connectivity index (χ4v) is 7.43. The van der Waals surface area contributed by atoms with Gasteiger partial charge in [-0.2, -0.15) is 0 Å². The molecule has 186 valence electrons. The molecule has 2 aliphatic carbocycles. The van der Waals surface area contributed by atoms with E-state index >= 15 is 0 Å². The molecule has 2 nitrogen and oxygen atoms in total. The highest BCUT2D eigenvalue weighted by Gasteiger charge is 2.42. The van der Waals surface area contributed by atoms with Crippen molar-refractivity contribution < 1.29 is 0 Å². The van der Waals surface area contributed by atoms with Crippen LogP contribution in [-0.4, -0.2) is 48.6 Å². The number of rotatable bonds is 9. The number of likely N-dealkylation sites (tertiary alicyclic amines) is 2. The van der Waals surface area contributed by atoms with Crippen molar-refractivity contribution in [1.29, 1.82) is 0 Å². The molecular weight excluding hydrogens is 388 g/mol. The van der Waals surface area contributed by atoms with Crippen LogP contribution in [0.1, 0.15) is 112 Å². The fourth-order valence-electron chi connectivity index (χ4n) is 7.43. The molecule has 2 aliphatic heterocycles. The zero-order chi connectivity index (χ0) is 22.9. The molecule has 2 saturated heterocycles. The van der Waals surface area contributed by atoms with Crippen LogP contribution >= 0.6 is 0 Å². The lowest BCUT2D eigenvalue weighted by atomic mass is 9.64. The molecule has 0 amide bonds. The van der Waals surface area contributed by atoms with Gasteiger partial charge in [-0.15, -0.1) is 0 Å². The Balaban J connectivity index is 1.37. The monoisotopic (exact) mass is 444 g/mol. The second-order valence-electron chi connectivity index (χ2n) is 14.4. The van der Waals surface area contributed by atoms with Crippen molar-refractivity contribution in [3.05, 3.63) is 0 Å². The first-order valence-corrected chi connectivity index (χ1v) is 14.6. The maximum absolute atomic E-state index is 2.91. The molecule has 4 unspecified atom stereocenters. The van der Waals surface area contributed by atoms with Crippen LogP contribution in [0, 0.1) is 40.4 Å². The first-order chi connectivity index (χ1) is 15.2. The quantitative estimate of drug-likeness (QED) is 0.364. The third kappa shape index (κ3) is 6.32. The summed E-state index contributed by atoms with van der Waals surface area (Å²) in [5.41, 5.74) is 0.938. The van der Waals surface area contributed by atoms with Gasteiger partial charge < -0.3 is 9.80 Å². The summed E-state index contributed by atoms with van der Waals surface area (Å²) in [6.45, 7) is 22.1. The van der Waals surface area contributed by atoms with Crippen LogP contribution in [0.4, 0.5) is 0 Å². The minimum Gasteiger partial charge on any atom is -0.302 e. The van der Waals surface area contributed by atoms with Crippen molar-refractivity contribution in [1.82, 2.24) is 9.80 Å². The Bertz CT molecular complexity index is 582. The van der Waals surface area contributed by atoms with Gasteiger partial charge in [-0.1, -0.05) is 60.8 Å². The van der Waals surface area contributed by atoms with E-state index < -0.39 is 0 Å². The molecule has 32 heavy (non-hydrogen) atoms. The summed E-state index contributed by atoms with van der Waals surface area (Å²) in [5, 5.41) is 0. The van der Waals surface area contributed by atoms with E-state index in [1.54, 1.807) is 0 Å². The van der Waals surface area contributed by atoms with Crippen LogP contribution < -0.4 is 0 Å². The molecule has 2 heterocycles. The molecule has 0 aromatic carbocycles. The molecule has 4 atom stereocenters. The van der Waals surface area contributed by atoms with Gasteiger partial charge in [-0.05, 0) is 98.3 Å². The first-order valence-electron chi connectivity index (χ1n) is 14.6. The standard InChI is InChI=1S/C30H56N2/c1-7-9-25-15-17-32(27-10-8-11-27)22-28(25)30(5,6)16-14-24-18-26(29(2,3)4)21-31(20-24)19-23-12-13-23/h23-28H,7-22H2,1-6H3. The van der Waals surface area contributed by atoms with Gasteiger partial charge in [0, 0.05) is 32.2 Å². The zero-order valence-corrected chi connectivity index (χ0v) is 22.7. The van der Waals surface area contributed by atoms with Gasteiger partial charge in [0.05, 0.1) is 0 Å². The summed E-state index contributed by atoms with van der Waals surface area (Å²) in [4.78, 5) is 5.79. The van der Waals surface area contributed by atoms with Gasteiger partial charge in [0.25, 0.3) is 0 Å². The molecule has 0 aromatic rings. The SMILES string of the molecule is CCCC1CCN(C2CCC2)CC1C(C)(C)CCC1CC(C(C)(C)C)CN(CC2CC2)C1. The lowest BCUT2D eigenvalue weighted by molar-refractivity contribution is -0.0147. The molecular formula is C30H56N2. The van der Waals surface area contributed by atoms with Gasteiger partial charge in [-0.3, -0.25) is 0 Å². The Hall–Kier alpha value is -0.0800. The van der Waals surface area contributed by atoms with E-state index in [1.165, 1.54) is 103 Å². The lowest BCUT2D eigenvalue weighted by Gasteiger charge is -2.51. The van der Waals surface area contributed by atoms with Gasteiger partial charge in [0.15, 0.2) is 0 Å². The topological polar surface area (TPSA) is 6.48 Å². The van der Waals surface area contributed by atoms with Gasteiger partial charge >= 0.3 is 0 Å². The van der Waals surface area contributed by atoms with Crippen molar-refractivity contribution in [3.8, 4) is 0 Å². The van der Waals surface area contributed by atoms with Gasteiger partial charge in [-0.25, -0.2) is 0 Å². The Labute approximate surface area is 201 Å². The average molecular weight is 445 g/mol. The molecule has 0 aromatic heterocycles. The summed E-state index contributed by atoms with van der Waals surface area (Å²) >= 11 is 0. The first kappa shape index (κ1) is 25.0. The fraction of sp³-hybridized carbons (Fsp3) is 1.00. The maximum atomic E-state index is 2.91. The average Bonchev–Trinajstić information content (AvgIpc) is 3.49. The summed E-state index contributed by atoms with van der Waals surface area (Å²) in [5.74, 6) is 4.69. The normalized spacial score (nSPS) is 33.9. The molecule has 0 spiro atoms. The van der Waals surface area contributed by atoms with E-state index in [4.69, 9.17) is 0 Å². The molecule has 4 aliphatic rings. The number of piperidine rings is 2. The largest absolute Gasteiger partial charge is 0.302 e. The number of nitrogens with zero attached hydrogens (tertiary/aromatic N) is 2. The lowest BCUT2D eigenvalue weighted by Crippen LogP contribution is -2.52. The van der Waals surface area contributed by atoms with Crippen LogP contribution in [0.2, 0.25) is 0 Å². The highest BCUT2D eigenvalue weighted by Crippen LogP contribution is 2.46. The molecule has 0 radical (unpaired) electrons. The molecule has 4 fully saturated rings. The molecule has 0 bridgehead atoms. The molecule has 2 heteroatoms. The number of hydrogen-bond acceptors (Lipinski definition) is 2. The van der Waals surface area contributed by atoms with E-state index in [0.717, 1.165) is 35.6 Å². The molecule has 0 N–H and O–H groups in total. The van der Waals surface area contributed by atoms with Crippen molar-refractivity contribution in [2.24, 2.45) is 40.4 Å². The molecule has 4 rings (SSSR count). The predicted octanol–water partition coefficient (Wildman–Crippen LogP) is 7.48. The third-order valence-electron chi connectivity index (χ3n) is 10.3. The zero-order valence-electron chi connectivity index (χ0n) is 22.7. The van der Waals surface area contributed by atoms with E-state index in [9.17, 15) is 0 Å². The van der Waals surface area contributed by atoms with E-state index in [0.29, 0.717) is 10.8 Å². The van der Waals surface area contributed by atoms with Crippen molar-refractivity contribution >= 4 is 0 Å². The van der Waals surface area contributed by atoms with E-state index in [-0.39, 0.29) is 0 Å². The maximum Gasteiger partial charge on any atom is 0.00954 e. The second-order valence-corrected chi connectivity index (χ2v) is 14.4. The Morgan fingerprint density at radius 1 is 0.812 bits per heavy atom. The highest BCUT2D eigenvalue weighted by atomic mass is 15.2. The Kier molecular flexibility index (Phi) is 8.03. The van der Waals surface area contributed by atoms with Crippen molar-refractivity contribution in [3.63, 3.8) is 0 Å².